The molecule has 1 amide bonds. The predicted octanol–water partition coefficient (Wildman–Crippen LogP) is 5.01. The van der Waals surface area contributed by atoms with Crippen LogP contribution in [0, 0.1) is 24.5 Å². The van der Waals surface area contributed by atoms with Gasteiger partial charge in [-0.15, -0.1) is 0 Å². The number of rotatable bonds is 7. The number of nitrogens with zero attached hydrogens (tertiary/aromatic N) is 4. The van der Waals surface area contributed by atoms with Gasteiger partial charge in [-0.3, -0.25) is 9.78 Å². The van der Waals surface area contributed by atoms with Crippen LogP contribution in [-0.2, 0) is 18.5 Å². The Kier molecular flexibility index (Phi) is 6.91. The molecule has 178 valence electrons. The largest absolute Gasteiger partial charge is 0.391 e. The molecule has 0 aliphatic rings. The van der Waals surface area contributed by atoms with Crippen molar-refractivity contribution in [3.8, 4) is 11.1 Å². The number of anilines is 1. The zero-order chi connectivity index (χ0) is 24.9. The van der Waals surface area contributed by atoms with Gasteiger partial charge in [-0.05, 0) is 41.8 Å². The lowest BCUT2D eigenvalue weighted by molar-refractivity contribution is 0.102. The van der Waals surface area contributed by atoms with Crippen LogP contribution >= 0.6 is 0 Å². The van der Waals surface area contributed by atoms with E-state index in [0.717, 1.165) is 16.3 Å². The summed E-state index contributed by atoms with van der Waals surface area (Å²) in [6, 6.07) is 11.9. The maximum atomic E-state index is 14.7. The first-order valence-electron chi connectivity index (χ1n) is 10.5. The van der Waals surface area contributed by atoms with Crippen LogP contribution in [0.25, 0.3) is 11.1 Å². The van der Waals surface area contributed by atoms with Gasteiger partial charge in [0.05, 0.1) is 17.6 Å². The van der Waals surface area contributed by atoms with E-state index in [1.54, 1.807) is 36.7 Å². The second-order valence-electron chi connectivity index (χ2n) is 7.62. The van der Waals surface area contributed by atoms with Crippen LogP contribution in [-0.4, -0.2) is 26.9 Å². The van der Waals surface area contributed by atoms with Gasteiger partial charge < -0.3 is 10.2 Å². The average Bonchev–Trinajstić information content (AvgIpc) is 3.10. The van der Waals surface area contributed by atoms with Gasteiger partial charge in [0.15, 0.2) is 0 Å². The molecule has 35 heavy (non-hydrogen) atoms. The zero-order valence-corrected chi connectivity index (χ0v) is 18.8. The molecule has 0 atom stereocenters. The van der Waals surface area contributed by atoms with E-state index >= 15 is 0 Å². The second-order valence-corrected chi connectivity index (χ2v) is 7.62. The van der Waals surface area contributed by atoms with Gasteiger partial charge in [0, 0.05) is 31.1 Å². The van der Waals surface area contributed by atoms with Gasteiger partial charge in [-0.1, -0.05) is 29.4 Å². The Morgan fingerprint density at radius 1 is 1.11 bits per heavy atom. The molecule has 0 aliphatic carbocycles. The molecule has 0 unspecified atom stereocenters. The number of pyridine rings is 1. The van der Waals surface area contributed by atoms with Gasteiger partial charge in [0.1, 0.15) is 23.8 Å². The Hall–Kier alpha value is -4.47. The number of halogens is 3. The maximum absolute atomic E-state index is 14.7. The lowest BCUT2D eigenvalue weighted by Gasteiger charge is -2.13. The fourth-order valence-corrected chi connectivity index (χ4v) is 3.43. The number of hydrogen-bond donors (Lipinski definition) is 1. The van der Waals surface area contributed by atoms with Crippen LogP contribution in [0.2, 0.25) is 0 Å². The minimum atomic E-state index is -0.995. The van der Waals surface area contributed by atoms with Crippen LogP contribution < -0.4 is 5.32 Å². The van der Waals surface area contributed by atoms with E-state index in [1.165, 1.54) is 20.2 Å². The highest BCUT2D eigenvalue weighted by Gasteiger charge is 2.23. The van der Waals surface area contributed by atoms with Crippen LogP contribution in [0.3, 0.4) is 0 Å². The summed E-state index contributed by atoms with van der Waals surface area (Å²) in [5.41, 5.74) is 1.66. The summed E-state index contributed by atoms with van der Waals surface area (Å²) >= 11 is 0. The van der Waals surface area contributed by atoms with Crippen molar-refractivity contribution < 1.29 is 22.8 Å². The van der Waals surface area contributed by atoms with Gasteiger partial charge >= 0.3 is 0 Å². The molecular formula is C25H20F3N5O2. The summed E-state index contributed by atoms with van der Waals surface area (Å²) in [6.07, 6.45) is 4.80. The highest BCUT2D eigenvalue weighted by Crippen LogP contribution is 2.32. The number of hydrogen-bond acceptors (Lipinski definition) is 5. The summed E-state index contributed by atoms with van der Waals surface area (Å²) in [6.45, 7) is 1.74. The topological polar surface area (TPSA) is 81.4 Å². The number of oxime groups is 1. The van der Waals surface area contributed by atoms with Crippen molar-refractivity contribution in [1.82, 2.24) is 14.8 Å². The van der Waals surface area contributed by atoms with E-state index in [2.05, 4.69) is 20.6 Å². The fourth-order valence-electron chi connectivity index (χ4n) is 3.43. The van der Waals surface area contributed by atoms with Crippen molar-refractivity contribution in [2.75, 3.05) is 5.32 Å². The van der Waals surface area contributed by atoms with E-state index in [1.807, 2.05) is 12.1 Å². The van der Waals surface area contributed by atoms with E-state index in [9.17, 15) is 18.0 Å². The molecule has 2 aromatic heterocycles. The Balaban J connectivity index is 1.54. The number of carbonyl (C=O) groups is 1. The average molecular weight is 479 g/mol. The molecule has 2 aromatic carbocycles. The molecule has 7 nitrogen and oxygen atoms in total. The molecule has 1 N–H and O–H groups in total. The molecule has 0 saturated carbocycles. The van der Waals surface area contributed by atoms with Crippen LogP contribution in [0.4, 0.5) is 18.9 Å². The number of carbonyl (C=O) groups excluding carboxylic acids is 1. The number of aromatic nitrogens is 3. The summed E-state index contributed by atoms with van der Waals surface area (Å²) in [4.78, 5) is 21.9. The third-order valence-corrected chi connectivity index (χ3v) is 5.15. The number of aryl methyl sites for hydroxylation is 2. The first-order chi connectivity index (χ1) is 16.8. The Morgan fingerprint density at radius 2 is 1.83 bits per heavy atom. The molecule has 0 spiro atoms. The first kappa shape index (κ1) is 23.7. The van der Waals surface area contributed by atoms with Crippen molar-refractivity contribution in [1.29, 1.82) is 0 Å². The smallest absolute Gasteiger partial charge is 0.262 e. The van der Waals surface area contributed by atoms with Crippen molar-refractivity contribution in [2.45, 2.75) is 13.5 Å². The fraction of sp³-hybridized carbons (Fsp3) is 0.120. The molecule has 2 heterocycles. The Bertz CT molecular complexity index is 1390. The molecular weight excluding hydrogens is 459 g/mol. The van der Waals surface area contributed by atoms with Crippen LogP contribution in [0.15, 0.2) is 66.1 Å². The maximum Gasteiger partial charge on any atom is 0.262 e. The van der Waals surface area contributed by atoms with Crippen molar-refractivity contribution in [3.63, 3.8) is 0 Å². The van der Waals surface area contributed by atoms with Crippen molar-refractivity contribution in [3.05, 3.63) is 101 Å². The number of benzene rings is 2. The summed E-state index contributed by atoms with van der Waals surface area (Å²) in [5, 5.41) is 10.1. The molecule has 0 saturated heterocycles. The second kappa shape index (κ2) is 10.2. The molecule has 4 aromatic rings. The lowest BCUT2D eigenvalue weighted by atomic mass is 10.0. The summed E-state index contributed by atoms with van der Waals surface area (Å²) in [5.74, 6) is -3.58. The third-order valence-electron chi connectivity index (χ3n) is 5.15. The van der Waals surface area contributed by atoms with E-state index in [0.29, 0.717) is 17.2 Å². The molecule has 0 bridgehead atoms. The summed E-state index contributed by atoms with van der Waals surface area (Å²) in [7, 11) is 1.35. The predicted molar refractivity (Wildman–Crippen MR) is 124 cm³/mol. The molecule has 0 fully saturated rings. The molecule has 4 rings (SSSR count). The monoisotopic (exact) mass is 479 g/mol. The third kappa shape index (κ3) is 5.37. The van der Waals surface area contributed by atoms with E-state index < -0.39 is 23.5 Å². The minimum Gasteiger partial charge on any atom is -0.391 e. The van der Waals surface area contributed by atoms with E-state index in [-0.39, 0.29) is 29.1 Å². The number of amides is 1. The molecule has 0 aliphatic heterocycles. The Morgan fingerprint density at radius 3 is 2.49 bits per heavy atom. The first-order valence-corrected chi connectivity index (χ1v) is 10.5. The van der Waals surface area contributed by atoms with Crippen LogP contribution in [0.1, 0.15) is 27.2 Å². The quantitative estimate of drug-likeness (QED) is 0.298. The highest BCUT2D eigenvalue weighted by molar-refractivity contribution is 6.07. The summed E-state index contributed by atoms with van der Waals surface area (Å²) < 4.78 is 43.9. The van der Waals surface area contributed by atoms with Gasteiger partial charge in [-0.25, -0.2) is 13.5 Å². The van der Waals surface area contributed by atoms with E-state index in [4.69, 9.17) is 4.84 Å². The SMILES string of the molecule is Cc1nn(C)c(F)c1C(=O)Nc1c(F)cc(F)cc1-c1ccc(/C=N/OCc2ccncc2)cc1. The van der Waals surface area contributed by atoms with Crippen molar-refractivity contribution >= 4 is 17.8 Å². The number of nitrogens with one attached hydrogen (secondary N) is 1. The lowest BCUT2D eigenvalue weighted by Crippen LogP contribution is -2.16. The van der Waals surface area contributed by atoms with Gasteiger partial charge in [0.2, 0.25) is 5.95 Å². The minimum absolute atomic E-state index is 0.0928. The normalized spacial score (nSPS) is 11.1. The van der Waals surface area contributed by atoms with Gasteiger partial charge in [0.25, 0.3) is 5.91 Å². The zero-order valence-electron chi connectivity index (χ0n) is 18.8. The van der Waals surface area contributed by atoms with Gasteiger partial charge in [-0.2, -0.15) is 9.49 Å². The molecule has 0 radical (unpaired) electrons. The van der Waals surface area contributed by atoms with Crippen molar-refractivity contribution in [2.24, 2.45) is 12.2 Å². The standard InChI is InChI=1S/C25H20F3N5O2/c1-15-22(24(28)33(2)32-15)25(34)31-23-20(11-19(26)12-21(23)27)18-5-3-16(4-6-18)13-30-35-14-17-7-9-29-10-8-17/h3-13H,14H2,1-2H3,(H,31,34)/b30-13+. The highest BCUT2D eigenvalue weighted by atomic mass is 19.1. The Labute approximate surface area is 198 Å². The van der Waals surface area contributed by atoms with Crippen LogP contribution in [0.5, 0.6) is 0 Å². The molecule has 10 heteroatoms.